The highest BCUT2D eigenvalue weighted by Crippen LogP contribution is 2.30. The van der Waals surface area contributed by atoms with Crippen molar-refractivity contribution in [3.8, 4) is 6.07 Å². The van der Waals surface area contributed by atoms with Crippen LogP contribution in [0.1, 0.15) is 30.2 Å². The molecule has 0 aliphatic carbocycles. The van der Waals surface area contributed by atoms with Crippen LogP contribution in [-0.2, 0) is 0 Å². The van der Waals surface area contributed by atoms with Crippen molar-refractivity contribution in [2.24, 2.45) is 0 Å². The Morgan fingerprint density at radius 3 is 2.67 bits per heavy atom. The molecule has 0 spiro atoms. The Morgan fingerprint density at radius 2 is 2.13 bits per heavy atom. The molecule has 1 aromatic rings. The molecule has 1 atom stereocenters. The number of hydrogen-bond acceptors (Lipinski definition) is 3. The van der Waals surface area contributed by atoms with Crippen molar-refractivity contribution >= 4 is 27.3 Å². The van der Waals surface area contributed by atoms with Crippen LogP contribution < -0.4 is 0 Å². The fourth-order valence-electron chi connectivity index (χ4n) is 1.97. The monoisotopic (exact) mass is 284 g/mol. The number of hydrogen-bond donors (Lipinski definition) is 0. The Hall–Kier alpha value is -0.370. The van der Waals surface area contributed by atoms with Crippen LogP contribution in [-0.4, -0.2) is 18.0 Å². The van der Waals surface area contributed by atoms with Gasteiger partial charge in [0, 0.05) is 14.7 Å². The first-order valence-corrected chi connectivity index (χ1v) is 6.86. The lowest BCUT2D eigenvalue weighted by Crippen LogP contribution is -2.32. The highest BCUT2D eigenvalue weighted by molar-refractivity contribution is 9.10. The summed E-state index contributed by atoms with van der Waals surface area (Å²) in [5, 5.41) is 11.3. The summed E-state index contributed by atoms with van der Waals surface area (Å²) in [4.78, 5) is 3.45. The molecule has 0 N–H and O–H groups in total. The van der Waals surface area contributed by atoms with E-state index in [9.17, 15) is 5.26 Å². The van der Waals surface area contributed by atoms with Gasteiger partial charge in [-0.3, -0.25) is 4.90 Å². The average Bonchev–Trinajstić information content (AvgIpc) is 2.68. The topological polar surface area (TPSA) is 27.0 Å². The molecule has 1 saturated heterocycles. The SMILES string of the molecule is N#CC(c1cc(Br)cs1)N1CCCCC1. The molecule has 0 radical (unpaired) electrons. The minimum Gasteiger partial charge on any atom is -0.284 e. The molecule has 2 rings (SSSR count). The van der Waals surface area contributed by atoms with Gasteiger partial charge < -0.3 is 0 Å². The first-order chi connectivity index (χ1) is 7.31. The van der Waals surface area contributed by atoms with Gasteiger partial charge in [0.25, 0.3) is 0 Å². The summed E-state index contributed by atoms with van der Waals surface area (Å²) in [5.41, 5.74) is 0. The number of piperidine rings is 1. The minimum atomic E-state index is -0.0402. The summed E-state index contributed by atoms with van der Waals surface area (Å²) >= 11 is 5.10. The highest BCUT2D eigenvalue weighted by Gasteiger charge is 2.22. The molecule has 2 nitrogen and oxygen atoms in total. The van der Waals surface area contributed by atoms with E-state index in [-0.39, 0.29) is 6.04 Å². The Kier molecular flexibility index (Phi) is 3.79. The van der Waals surface area contributed by atoms with Crippen LogP contribution in [0.2, 0.25) is 0 Å². The molecule has 1 fully saturated rings. The van der Waals surface area contributed by atoms with E-state index in [0.29, 0.717) is 0 Å². The van der Waals surface area contributed by atoms with E-state index >= 15 is 0 Å². The first kappa shape index (κ1) is 11.1. The maximum atomic E-state index is 9.24. The predicted molar refractivity (Wildman–Crippen MR) is 65.8 cm³/mol. The zero-order chi connectivity index (χ0) is 10.7. The summed E-state index contributed by atoms with van der Waals surface area (Å²) in [6.07, 6.45) is 3.76. The van der Waals surface area contributed by atoms with Crippen LogP contribution in [0.5, 0.6) is 0 Å². The van der Waals surface area contributed by atoms with Gasteiger partial charge in [-0.1, -0.05) is 6.42 Å². The number of likely N-dealkylation sites (tertiary alicyclic amines) is 1. The van der Waals surface area contributed by atoms with E-state index < -0.39 is 0 Å². The quantitative estimate of drug-likeness (QED) is 0.830. The lowest BCUT2D eigenvalue weighted by Gasteiger charge is -2.29. The number of thiophene rings is 1. The van der Waals surface area contributed by atoms with Crippen LogP contribution in [0.4, 0.5) is 0 Å². The number of halogens is 1. The van der Waals surface area contributed by atoms with E-state index in [0.717, 1.165) is 22.4 Å². The molecule has 0 amide bonds. The van der Waals surface area contributed by atoms with Crippen molar-refractivity contribution < 1.29 is 0 Å². The van der Waals surface area contributed by atoms with Crippen molar-refractivity contribution in [2.45, 2.75) is 25.3 Å². The summed E-state index contributed by atoms with van der Waals surface area (Å²) in [6, 6.07) is 4.44. The smallest absolute Gasteiger partial charge is 0.133 e. The molecular formula is C11H13BrN2S. The van der Waals surface area contributed by atoms with Crippen LogP contribution in [0.3, 0.4) is 0 Å². The van der Waals surface area contributed by atoms with Crippen LogP contribution in [0.25, 0.3) is 0 Å². The van der Waals surface area contributed by atoms with Crippen molar-refractivity contribution in [1.29, 1.82) is 5.26 Å². The van der Waals surface area contributed by atoms with Crippen molar-refractivity contribution in [1.82, 2.24) is 4.90 Å². The van der Waals surface area contributed by atoms with Gasteiger partial charge in [-0.2, -0.15) is 5.26 Å². The maximum Gasteiger partial charge on any atom is 0.133 e. The molecule has 1 aliphatic heterocycles. The van der Waals surface area contributed by atoms with Crippen molar-refractivity contribution in [2.75, 3.05) is 13.1 Å². The predicted octanol–water partition coefficient (Wildman–Crippen LogP) is 3.56. The largest absolute Gasteiger partial charge is 0.284 e. The fraction of sp³-hybridized carbons (Fsp3) is 0.545. The van der Waals surface area contributed by atoms with Gasteiger partial charge in [0.2, 0.25) is 0 Å². The Bertz CT molecular complexity index is 363. The Labute approximate surface area is 103 Å². The van der Waals surface area contributed by atoms with E-state index in [1.54, 1.807) is 11.3 Å². The second kappa shape index (κ2) is 5.11. The molecule has 2 heterocycles. The van der Waals surface area contributed by atoms with Crippen LogP contribution >= 0.6 is 27.3 Å². The molecule has 1 aliphatic rings. The van der Waals surface area contributed by atoms with E-state index in [1.165, 1.54) is 19.3 Å². The average molecular weight is 285 g/mol. The van der Waals surface area contributed by atoms with Gasteiger partial charge in [0.15, 0.2) is 0 Å². The van der Waals surface area contributed by atoms with Gasteiger partial charge >= 0.3 is 0 Å². The lowest BCUT2D eigenvalue weighted by molar-refractivity contribution is 0.198. The number of nitrogens with zero attached hydrogens (tertiary/aromatic N) is 2. The molecule has 0 bridgehead atoms. The maximum absolute atomic E-state index is 9.24. The van der Waals surface area contributed by atoms with Gasteiger partial charge in [0.05, 0.1) is 6.07 Å². The van der Waals surface area contributed by atoms with Crippen molar-refractivity contribution in [3.05, 3.63) is 20.8 Å². The van der Waals surface area contributed by atoms with Gasteiger partial charge in [0.1, 0.15) is 6.04 Å². The molecule has 0 saturated carbocycles. The second-order valence-corrected chi connectivity index (χ2v) is 5.65. The third kappa shape index (κ3) is 2.60. The van der Waals surface area contributed by atoms with E-state index in [2.05, 4.69) is 33.0 Å². The van der Waals surface area contributed by atoms with Gasteiger partial charge in [-0.25, -0.2) is 0 Å². The second-order valence-electron chi connectivity index (χ2n) is 3.80. The van der Waals surface area contributed by atoms with E-state index in [4.69, 9.17) is 0 Å². The molecule has 0 aromatic carbocycles. The zero-order valence-corrected chi connectivity index (χ0v) is 10.9. The van der Waals surface area contributed by atoms with Crippen LogP contribution in [0, 0.1) is 11.3 Å². The Balaban J connectivity index is 2.13. The molecule has 1 aromatic heterocycles. The van der Waals surface area contributed by atoms with E-state index in [1.807, 2.05) is 5.38 Å². The van der Waals surface area contributed by atoms with Crippen LogP contribution in [0.15, 0.2) is 15.9 Å². The normalized spacial score (nSPS) is 19.7. The third-order valence-electron chi connectivity index (χ3n) is 2.74. The molecule has 1 unspecified atom stereocenters. The molecule has 15 heavy (non-hydrogen) atoms. The van der Waals surface area contributed by atoms with Crippen molar-refractivity contribution in [3.63, 3.8) is 0 Å². The van der Waals surface area contributed by atoms with Gasteiger partial charge in [-0.05, 0) is 47.9 Å². The Morgan fingerprint density at radius 1 is 1.40 bits per heavy atom. The lowest BCUT2D eigenvalue weighted by atomic mass is 10.1. The number of nitriles is 1. The summed E-state index contributed by atoms with van der Waals surface area (Å²) in [5.74, 6) is 0. The number of rotatable bonds is 2. The summed E-state index contributed by atoms with van der Waals surface area (Å²) in [6.45, 7) is 2.13. The highest BCUT2D eigenvalue weighted by atomic mass is 79.9. The fourth-order valence-corrected chi connectivity index (χ4v) is 3.49. The molecule has 80 valence electrons. The first-order valence-electron chi connectivity index (χ1n) is 5.19. The summed E-state index contributed by atoms with van der Waals surface area (Å²) in [7, 11) is 0. The zero-order valence-electron chi connectivity index (χ0n) is 8.45. The summed E-state index contributed by atoms with van der Waals surface area (Å²) < 4.78 is 1.08. The minimum absolute atomic E-state index is 0.0402. The molecular weight excluding hydrogens is 272 g/mol. The third-order valence-corrected chi connectivity index (χ3v) is 4.48. The van der Waals surface area contributed by atoms with Gasteiger partial charge in [-0.15, -0.1) is 11.3 Å². The standard InChI is InChI=1S/C11H13BrN2S/c12-9-6-11(15-8-9)10(7-13)14-4-2-1-3-5-14/h6,8,10H,1-5H2. The molecule has 4 heteroatoms.